The van der Waals surface area contributed by atoms with E-state index in [1.54, 1.807) is 6.92 Å². The maximum atomic E-state index is 10.3. The van der Waals surface area contributed by atoms with Gasteiger partial charge in [0.05, 0.1) is 6.04 Å². The minimum Gasteiger partial charge on any atom is -0.465 e. The SMILES string of the molecule is C[C@H](NC(=O)O)C(ON)C(C)(C)C. The van der Waals surface area contributed by atoms with Crippen LogP contribution in [0.4, 0.5) is 4.79 Å². The summed E-state index contributed by atoms with van der Waals surface area (Å²) >= 11 is 0. The molecular formula is C8H18N2O3. The maximum Gasteiger partial charge on any atom is 0.404 e. The third kappa shape index (κ3) is 4.10. The van der Waals surface area contributed by atoms with Gasteiger partial charge in [-0.1, -0.05) is 20.8 Å². The Labute approximate surface area is 78.2 Å². The number of carbonyl (C=O) groups is 1. The van der Waals surface area contributed by atoms with Gasteiger partial charge in [-0.2, -0.15) is 0 Å². The highest BCUT2D eigenvalue weighted by molar-refractivity contribution is 5.64. The van der Waals surface area contributed by atoms with Gasteiger partial charge in [0.2, 0.25) is 0 Å². The van der Waals surface area contributed by atoms with Crippen molar-refractivity contribution < 1.29 is 14.7 Å². The molecule has 0 rings (SSSR count). The van der Waals surface area contributed by atoms with E-state index < -0.39 is 6.09 Å². The van der Waals surface area contributed by atoms with Gasteiger partial charge in [0, 0.05) is 0 Å². The molecule has 78 valence electrons. The standard InChI is InChI=1S/C8H18N2O3/c1-5(10-7(11)12)6(13-9)8(2,3)4/h5-6,10H,9H2,1-4H3,(H,11,12)/t5-,6?/m0/s1. The van der Waals surface area contributed by atoms with Crippen molar-refractivity contribution in [2.45, 2.75) is 39.8 Å². The van der Waals surface area contributed by atoms with E-state index in [2.05, 4.69) is 5.32 Å². The van der Waals surface area contributed by atoms with Crippen molar-refractivity contribution in [3.63, 3.8) is 0 Å². The normalized spacial score (nSPS) is 16.4. The summed E-state index contributed by atoms with van der Waals surface area (Å²) in [6, 6.07) is -0.331. The lowest BCUT2D eigenvalue weighted by Gasteiger charge is -2.32. The van der Waals surface area contributed by atoms with Crippen molar-refractivity contribution in [2.24, 2.45) is 11.3 Å². The van der Waals surface area contributed by atoms with Crippen LogP contribution in [0, 0.1) is 5.41 Å². The highest BCUT2D eigenvalue weighted by atomic mass is 16.6. The Kier molecular flexibility index (Phi) is 4.16. The topological polar surface area (TPSA) is 84.6 Å². The fourth-order valence-electron chi connectivity index (χ4n) is 1.34. The van der Waals surface area contributed by atoms with E-state index in [9.17, 15) is 4.79 Å². The monoisotopic (exact) mass is 190 g/mol. The summed E-state index contributed by atoms with van der Waals surface area (Å²) in [7, 11) is 0. The van der Waals surface area contributed by atoms with Crippen LogP contribution in [0.3, 0.4) is 0 Å². The molecule has 5 heteroatoms. The summed E-state index contributed by atoms with van der Waals surface area (Å²) in [6.45, 7) is 7.52. The van der Waals surface area contributed by atoms with Crippen LogP contribution in [-0.4, -0.2) is 23.3 Å². The van der Waals surface area contributed by atoms with Gasteiger partial charge < -0.3 is 10.4 Å². The van der Waals surface area contributed by atoms with Crippen LogP contribution < -0.4 is 11.2 Å². The maximum absolute atomic E-state index is 10.3. The molecule has 0 saturated heterocycles. The fraction of sp³-hybridized carbons (Fsp3) is 0.875. The number of rotatable bonds is 3. The second-order valence-corrected chi connectivity index (χ2v) is 4.16. The molecule has 0 aliphatic carbocycles. The van der Waals surface area contributed by atoms with Crippen LogP contribution in [-0.2, 0) is 4.84 Å². The molecule has 0 aromatic heterocycles. The Morgan fingerprint density at radius 2 is 2.00 bits per heavy atom. The van der Waals surface area contributed by atoms with Crippen LogP contribution in [0.5, 0.6) is 0 Å². The van der Waals surface area contributed by atoms with Crippen LogP contribution in [0.15, 0.2) is 0 Å². The van der Waals surface area contributed by atoms with Crippen molar-refractivity contribution >= 4 is 6.09 Å². The number of carboxylic acid groups (broad SMARTS) is 1. The van der Waals surface area contributed by atoms with E-state index in [0.717, 1.165) is 0 Å². The highest BCUT2D eigenvalue weighted by Crippen LogP contribution is 2.23. The molecule has 0 radical (unpaired) electrons. The lowest BCUT2D eigenvalue weighted by molar-refractivity contribution is -0.0380. The summed E-state index contributed by atoms with van der Waals surface area (Å²) in [4.78, 5) is 15.1. The quantitative estimate of drug-likeness (QED) is 0.578. The first-order valence-electron chi connectivity index (χ1n) is 4.14. The first-order valence-corrected chi connectivity index (χ1v) is 4.14. The molecule has 0 fully saturated rings. The lowest BCUT2D eigenvalue weighted by Crippen LogP contribution is -2.49. The molecule has 0 heterocycles. The Morgan fingerprint density at radius 3 is 2.23 bits per heavy atom. The third-order valence-electron chi connectivity index (χ3n) is 1.81. The van der Waals surface area contributed by atoms with Crippen molar-refractivity contribution in [2.75, 3.05) is 0 Å². The van der Waals surface area contributed by atoms with Crippen LogP contribution in [0.2, 0.25) is 0 Å². The van der Waals surface area contributed by atoms with E-state index in [0.29, 0.717) is 0 Å². The zero-order chi connectivity index (χ0) is 10.6. The first kappa shape index (κ1) is 12.2. The summed E-state index contributed by atoms with van der Waals surface area (Å²) in [5, 5.41) is 10.8. The number of hydrogen-bond acceptors (Lipinski definition) is 3. The third-order valence-corrected chi connectivity index (χ3v) is 1.81. The van der Waals surface area contributed by atoms with Crippen LogP contribution in [0.1, 0.15) is 27.7 Å². The predicted octanol–water partition coefficient (Wildman–Crippen LogP) is 0.947. The van der Waals surface area contributed by atoms with Gasteiger partial charge in [0.15, 0.2) is 0 Å². The van der Waals surface area contributed by atoms with E-state index in [1.165, 1.54) is 0 Å². The second-order valence-electron chi connectivity index (χ2n) is 4.16. The minimum absolute atomic E-state index is 0.198. The molecule has 1 amide bonds. The Bertz CT molecular complexity index is 177. The summed E-state index contributed by atoms with van der Waals surface area (Å²) in [6.07, 6.45) is -1.41. The first-order chi connectivity index (χ1) is 5.79. The van der Waals surface area contributed by atoms with Gasteiger partial charge in [-0.05, 0) is 12.3 Å². The molecule has 1 unspecified atom stereocenters. The highest BCUT2D eigenvalue weighted by Gasteiger charge is 2.31. The number of nitrogens with one attached hydrogen (secondary N) is 1. The fourth-order valence-corrected chi connectivity index (χ4v) is 1.34. The zero-order valence-electron chi connectivity index (χ0n) is 8.50. The van der Waals surface area contributed by atoms with Gasteiger partial charge in [-0.15, -0.1) is 0 Å². The van der Waals surface area contributed by atoms with E-state index in [4.69, 9.17) is 15.8 Å². The van der Waals surface area contributed by atoms with Crippen molar-refractivity contribution in [1.29, 1.82) is 0 Å². The van der Waals surface area contributed by atoms with Crippen molar-refractivity contribution in [1.82, 2.24) is 5.32 Å². The second kappa shape index (κ2) is 4.43. The molecule has 0 aromatic rings. The summed E-state index contributed by atoms with van der Waals surface area (Å²) in [5.41, 5.74) is -0.198. The number of hydrogen-bond donors (Lipinski definition) is 3. The molecule has 2 atom stereocenters. The van der Waals surface area contributed by atoms with Gasteiger partial charge >= 0.3 is 6.09 Å². The van der Waals surface area contributed by atoms with Crippen molar-refractivity contribution in [3.05, 3.63) is 0 Å². The number of nitrogens with two attached hydrogens (primary N) is 1. The number of amides is 1. The minimum atomic E-state index is -1.07. The van der Waals surface area contributed by atoms with E-state index >= 15 is 0 Å². The summed E-state index contributed by atoms with van der Waals surface area (Å²) < 4.78 is 0. The summed E-state index contributed by atoms with van der Waals surface area (Å²) in [5.74, 6) is 5.10. The molecule has 0 spiro atoms. The molecule has 4 N–H and O–H groups in total. The van der Waals surface area contributed by atoms with Gasteiger partial charge in [0.1, 0.15) is 6.10 Å². The van der Waals surface area contributed by atoms with E-state index in [-0.39, 0.29) is 17.6 Å². The molecule has 0 aliphatic rings. The molecule has 5 nitrogen and oxygen atoms in total. The van der Waals surface area contributed by atoms with Crippen LogP contribution in [0.25, 0.3) is 0 Å². The smallest absolute Gasteiger partial charge is 0.404 e. The predicted molar refractivity (Wildman–Crippen MR) is 49.1 cm³/mol. The van der Waals surface area contributed by atoms with Crippen LogP contribution >= 0.6 is 0 Å². The van der Waals surface area contributed by atoms with Crippen molar-refractivity contribution in [3.8, 4) is 0 Å². The molecule has 0 bridgehead atoms. The zero-order valence-corrected chi connectivity index (χ0v) is 8.50. The Hall–Kier alpha value is -0.810. The molecular weight excluding hydrogens is 172 g/mol. The lowest BCUT2D eigenvalue weighted by atomic mass is 9.85. The Morgan fingerprint density at radius 1 is 1.54 bits per heavy atom. The average Bonchev–Trinajstić information content (AvgIpc) is 1.82. The molecule has 0 aliphatic heterocycles. The molecule has 0 aromatic carbocycles. The average molecular weight is 190 g/mol. The van der Waals surface area contributed by atoms with E-state index in [1.807, 2.05) is 20.8 Å². The molecule has 13 heavy (non-hydrogen) atoms. The largest absolute Gasteiger partial charge is 0.465 e. The molecule has 0 saturated carbocycles. The van der Waals surface area contributed by atoms with Gasteiger partial charge in [0.25, 0.3) is 0 Å². The Balaban J connectivity index is 4.32. The van der Waals surface area contributed by atoms with Gasteiger partial charge in [-0.25, -0.2) is 10.7 Å². The van der Waals surface area contributed by atoms with Gasteiger partial charge in [-0.3, -0.25) is 4.84 Å².